The molecule has 15 heavy (non-hydrogen) atoms. The maximum atomic E-state index is 12.3. The van der Waals surface area contributed by atoms with E-state index in [1.807, 2.05) is 4.67 Å². The van der Waals surface area contributed by atoms with Gasteiger partial charge in [0.25, 0.3) is 0 Å². The summed E-state index contributed by atoms with van der Waals surface area (Å²) in [6.07, 6.45) is 0.657. The number of rotatable bonds is 7. The van der Waals surface area contributed by atoms with Crippen LogP contribution in [0.1, 0.15) is 34.1 Å². The van der Waals surface area contributed by atoms with E-state index < -0.39 is 7.95 Å². The van der Waals surface area contributed by atoms with Crippen molar-refractivity contribution in [1.29, 1.82) is 0 Å². The monoisotopic (exact) mass is 236 g/mol. The van der Waals surface area contributed by atoms with Crippen LogP contribution in [0.2, 0.25) is 0 Å². The Hall–Kier alpha value is 0.110. The van der Waals surface area contributed by atoms with Gasteiger partial charge >= 0.3 is 0 Å². The second kappa shape index (κ2) is 7.39. The molecule has 0 radical (unpaired) electrons. The Labute approximate surface area is 94.0 Å². The van der Waals surface area contributed by atoms with Crippen molar-refractivity contribution in [3.05, 3.63) is 0 Å². The van der Waals surface area contributed by atoms with Gasteiger partial charge in [-0.25, -0.2) is 4.67 Å². The van der Waals surface area contributed by atoms with Gasteiger partial charge in [0.2, 0.25) is 0 Å². The van der Waals surface area contributed by atoms with E-state index >= 15 is 0 Å². The highest BCUT2D eigenvalue weighted by Crippen LogP contribution is 2.38. The fourth-order valence-electron chi connectivity index (χ4n) is 1.77. The maximum absolute atomic E-state index is 12.3. The van der Waals surface area contributed by atoms with Crippen molar-refractivity contribution in [2.75, 3.05) is 13.7 Å². The number of hydrogen-bond donors (Lipinski definition) is 1. The van der Waals surface area contributed by atoms with Gasteiger partial charge in [-0.05, 0) is 40.7 Å². The van der Waals surface area contributed by atoms with Crippen molar-refractivity contribution < 1.29 is 9.30 Å². The van der Waals surface area contributed by atoms with Gasteiger partial charge in [0.15, 0.2) is 7.95 Å². The molecule has 0 spiro atoms. The van der Waals surface area contributed by atoms with Crippen molar-refractivity contribution in [2.45, 2.75) is 52.0 Å². The van der Waals surface area contributed by atoms with Crippen molar-refractivity contribution in [3.63, 3.8) is 0 Å². The Kier molecular flexibility index (Phi) is 7.45. The Morgan fingerprint density at radius 3 is 2.00 bits per heavy atom. The summed E-state index contributed by atoms with van der Waals surface area (Å²) in [5, 5.41) is 0. The van der Waals surface area contributed by atoms with Crippen LogP contribution in [-0.2, 0) is 9.30 Å². The van der Waals surface area contributed by atoms with Gasteiger partial charge in [-0.1, -0.05) is 0 Å². The predicted molar refractivity (Wildman–Crippen MR) is 65.6 cm³/mol. The zero-order valence-electron chi connectivity index (χ0n) is 10.5. The summed E-state index contributed by atoms with van der Waals surface area (Å²) in [7, 11) is -0.299. The quantitative estimate of drug-likeness (QED) is 0.686. The van der Waals surface area contributed by atoms with Crippen LogP contribution >= 0.6 is 7.95 Å². The number of nitrogens with two attached hydrogens (primary N) is 1. The molecule has 0 saturated heterocycles. The minimum Gasteiger partial charge on any atom is -0.373 e. The number of nitrogens with zero attached hydrogens (tertiary/aromatic N) is 1. The zero-order valence-corrected chi connectivity index (χ0v) is 11.5. The molecule has 2 unspecified atom stereocenters. The Bertz CT molecular complexity index is 190. The van der Waals surface area contributed by atoms with Crippen molar-refractivity contribution in [1.82, 2.24) is 4.67 Å². The van der Waals surface area contributed by atoms with Gasteiger partial charge in [0.05, 0.1) is 0 Å². The summed E-state index contributed by atoms with van der Waals surface area (Å²) in [6.45, 7) is 8.73. The first-order valence-corrected chi connectivity index (χ1v) is 6.94. The molecule has 2 atom stereocenters. The minimum atomic E-state index is -1.90. The molecule has 0 aromatic rings. The molecule has 0 bridgehead atoms. The van der Waals surface area contributed by atoms with Crippen LogP contribution in [0.3, 0.4) is 0 Å². The van der Waals surface area contributed by atoms with Crippen LogP contribution in [0.4, 0.5) is 0 Å². The van der Waals surface area contributed by atoms with Crippen LogP contribution in [0.25, 0.3) is 0 Å². The number of ether oxygens (including phenoxy) is 1. The third-order valence-electron chi connectivity index (χ3n) is 2.36. The lowest BCUT2D eigenvalue weighted by Crippen LogP contribution is -2.33. The Morgan fingerprint density at radius 2 is 1.73 bits per heavy atom. The lowest BCUT2D eigenvalue weighted by Gasteiger charge is -2.32. The SMILES string of the molecule is COC(CCN)[PH](=O)N(C(C)C)C(C)C. The third kappa shape index (κ3) is 4.64. The van der Waals surface area contributed by atoms with E-state index in [0.717, 1.165) is 0 Å². The van der Waals surface area contributed by atoms with Crippen LogP contribution in [0, 0.1) is 0 Å². The fourth-order valence-corrected chi connectivity index (χ4v) is 3.73. The van der Waals surface area contributed by atoms with E-state index in [1.54, 1.807) is 7.11 Å². The minimum absolute atomic E-state index is 0.218. The van der Waals surface area contributed by atoms with Crippen LogP contribution in [-0.4, -0.2) is 36.3 Å². The lowest BCUT2D eigenvalue weighted by atomic mass is 10.3. The Morgan fingerprint density at radius 1 is 1.27 bits per heavy atom. The first-order valence-electron chi connectivity index (χ1n) is 5.50. The number of methoxy groups -OCH3 is 1. The van der Waals surface area contributed by atoms with E-state index in [2.05, 4.69) is 27.7 Å². The second-order valence-electron chi connectivity index (χ2n) is 4.23. The summed E-state index contributed by atoms with van der Waals surface area (Å²) in [4.78, 5) is 0. The summed E-state index contributed by atoms with van der Waals surface area (Å²) in [5.41, 5.74) is 5.47. The normalized spacial score (nSPS) is 16.3. The molecule has 0 fully saturated rings. The van der Waals surface area contributed by atoms with E-state index in [0.29, 0.717) is 13.0 Å². The zero-order chi connectivity index (χ0) is 12.0. The standard InChI is InChI=1S/C10H25N2O2P/c1-8(2)12(9(3)4)15(13)10(14-5)6-7-11/h8-10,15H,6-7,11H2,1-5H3. The van der Waals surface area contributed by atoms with Crippen LogP contribution < -0.4 is 5.73 Å². The number of hydrogen-bond acceptors (Lipinski definition) is 3. The largest absolute Gasteiger partial charge is 0.373 e. The molecule has 0 amide bonds. The molecule has 4 nitrogen and oxygen atoms in total. The highest BCUT2D eigenvalue weighted by molar-refractivity contribution is 7.42. The molecular formula is C10H25N2O2P. The first-order chi connectivity index (χ1) is 6.95. The van der Waals surface area contributed by atoms with Gasteiger partial charge in [0.1, 0.15) is 5.85 Å². The molecule has 0 saturated carbocycles. The highest BCUT2D eigenvalue weighted by atomic mass is 31.1. The van der Waals surface area contributed by atoms with Crippen molar-refractivity contribution >= 4 is 7.95 Å². The summed E-state index contributed by atoms with van der Waals surface area (Å²) < 4.78 is 19.5. The molecule has 0 heterocycles. The fraction of sp³-hybridized carbons (Fsp3) is 1.00. The molecule has 0 aromatic heterocycles. The van der Waals surface area contributed by atoms with Gasteiger partial charge in [-0.15, -0.1) is 0 Å². The smallest absolute Gasteiger partial charge is 0.167 e. The van der Waals surface area contributed by atoms with Gasteiger partial charge in [-0.3, -0.25) is 0 Å². The molecule has 2 N–H and O–H groups in total. The van der Waals surface area contributed by atoms with Crippen molar-refractivity contribution in [3.8, 4) is 0 Å². The Balaban J connectivity index is 4.60. The summed E-state index contributed by atoms with van der Waals surface area (Å²) in [6, 6.07) is 0.540. The average Bonchev–Trinajstić information content (AvgIpc) is 2.12. The molecular weight excluding hydrogens is 211 g/mol. The van der Waals surface area contributed by atoms with Crippen molar-refractivity contribution in [2.24, 2.45) is 5.73 Å². The molecule has 5 heteroatoms. The molecule has 0 aliphatic rings. The topological polar surface area (TPSA) is 55.6 Å². The highest BCUT2D eigenvalue weighted by Gasteiger charge is 2.26. The lowest BCUT2D eigenvalue weighted by molar-refractivity contribution is 0.148. The second-order valence-corrected chi connectivity index (χ2v) is 6.07. The van der Waals surface area contributed by atoms with Gasteiger partial charge < -0.3 is 15.0 Å². The molecule has 0 rings (SSSR count). The first kappa shape index (κ1) is 15.1. The average molecular weight is 236 g/mol. The molecule has 0 aliphatic heterocycles. The molecule has 92 valence electrons. The van der Waals surface area contributed by atoms with E-state index in [1.165, 1.54) is 0 Å². The van der Waals surface area contributed by atoms with Gasteiger partial charge in [-0.2, -0.15) is 0 Å². The van der Waals surface area contributed by atoms with E-state index in [9.17, 15) is 4.57 Å². The summed E-state index contributed by atoms with van der Waals surface area (Å²) >= 11 is 0. The maximum Gasteiger partial charge on any atom is 0.167 e. The third-order valence-corrected chi connectivity index (χ3v) is 4.97. The molecule has 0 aromatic carbocycles. The van der Waals surface area contributed by atoms with E-state index in [4.69, 9.17) is 10.5 Å². The van der Waals surface area contributed by atoms with E-state index in [-0.39, 0.29) is 17.9 Å². The molecule has 0 aliphatic carbocycles. The predicted octanol–water partition coefficient (Wildman–Crippen LogP) is 1.90. The van der Waals surface area contributed by atoms with Gasteiger partial charge in [0, 0.05) is 19.2 Å². The van der Waals surface area contributed by atoms with Crippen LogP contribution in [0.15, 0.2) is 0 Å². The summed E-state index contributed by atoms with van der Waals surface area (Å²) in [5.74, 6) is -0.218. The van der Waals surface area contributed by atoms with Crippen LogP contribution in [0.5, 0.6) is 0 Å².